The fourth-order valence-corrected chi connectivity index (χ4v) is 3.74. The van der Waals surface area contributed by atoms with Crippen LogP contribution in [-0.4, -0.2) is 86.9 Å². The van der Waals surface area contributed by atoms with E-state index in [0.717, 1.165) is 29.1 Å². The second-order valence-corrected chi connectivity index (χ2v) is 9.64. The number of primary amides is 1. The van der Waals surface area contributed by atoms with Gasteiger partial charge in [0, 0.05) is 46.0 Å². The first kappa shape index (κ1) is 30.3. The molecule has 1 aromatic heterocycles. The molecule has 38 heavy (non-hydrogen) atoms. The van der Waals surface area contributed by atoms with Gasteiger partial charge in [-0.1, -0.05) is 25.1 Å². The van der Waals surface area contributed by atoms with Crippen molar-refractivity contribution in [3.63, 3.8) is 0 Å². The predicted octanol–water partition coefficient (Wildman–Crippen LogP) is 2.18. The van der Waals surface area contributed by atoms with Crippen LogP contribution >= 0.6 is 0 Å². The summed E-state index contributed by atoms with van der Waals surface area (Å²) >= 11 is 0. The number of carbonyl (C=O) groups excluding carboxylic acids is 3. The molecule has 0 fully saturated rings. The Hall–Kier alpha value is -3.92. The molecule has 0 bridgehead atoms. The van der Waals surface area contributed by atoms with E-state index in [1.165, 1.54) is 11.0 Å². The zero-order valence-corrected chi connectivity index (χ0v) is 23.5. The number of nitrogens with two attached hydrogens (primary N) is 1. The minimum absolute atomic E-state index is 0.221. The number of amides is 3. The largest absolute Gasteiger partial charge is 0.365 e. The standard InChI is InChI=1S/C28H41N7O3/c1-8-21-18-23(25(29)37)26(32-27(21)34(5)6)31-22-12-9-11-20(17-22)14-15-30-28(38)19(2)35(7)24(36)13-10-16-33(3)4/h9-13,17-19H,8,14-16H2,1-7H3,(H2,29,37)(H,30,38)(H,31,32)/b13-10+/t19-/m0/s1. The Labute approximate surface area is 225 Å². The highest BCUT2D eigenvalue weighted by atomic mass is 16.2. The Balaban J connectivity index is 2.04. The number of rotatable bonds is 13. The number of hydrogen-bond donors (Lipinski definition) is 3. The molecule has 2 aromatic rings. The Morgan fingerprint density at radius 1 is 1.11 bits per heavy atom. The summed E-state index contributed by atoms with van der Waals surface area (Å²) in [4.78, 5) is 47.0. The quantitative estimate of drug-likeness (QED) is 0.344. The van der Waals surface area contributed by atoms with E-state index in [1.54, 1.807) is 26.1 Å². The summed E-state index contributed by atoms with van der Waals surface area (Å²) in [7, 11) is 9.26. The van der Waals surface area contributed by atoms with Crippen molar-refractivity contribution < 1.29 is 14.4 Å². The molecule has 0 aliphatic carbocycles. The molecular formula is C28H41N7O3. The zero-order chi connectivity index (χ0) is 28.4. The predicted molar refractivity (Wildman–Crippen MR) is 153 cm³/mol. The lowest BCUT2D eigenvalue weighted by Crippen LogP contribution is -2.45. The third-order valence-corrected chi connectivity index (χ3v) is 6.09. The first-order valence-corrected chi connectivity index (χ1v) is 12.7. The number of benzene rings is 1. The number of carbonyl (C=O) groups is 3. The van der Waals surface area contributed by atoms with Gasteiger partial charge in [-0.05, 0) is 63.2 Å². The molecule has 1 heterocycles. The minimum atomic E-state index is -0.602. The van der Waals surface area contributed by atoms with Gasteiger partial charge in [0.25, 0.3) is 5.91 Å². The highest BCUT2D eigenvalue weighted by Gasteiger charge is 2.20. The van der Waals surface area contributed by atoms with Crippen LogP contribution in [0.2, 0.25) is 0 Å². The Bertz CT molecular complexity index is 1160. The summed E-state index contributed by atoms with van der Waals surface area (Å²) in [6.07, 6.45) is 4.56. The summed E-state index contributed by atoms with van der Waals surface area (Å²) in [6, 6.07) is 8.86. The van der Waals surface area contributed by atoms with Crippen molar-refractivity contribution in [2.24, 2.45) is 5.73 Å². The summed E-state index contributed by atoms with van der Waals surface area (Å²) in [6.45, 7) is 4.76. The number of nitrogens with one attached hydrogen (secondary N) is 2. The molecule has 0 aliphatic heterocycles. The zero-order valence-electron chi connectivity index (χ0n) is 23.5. The Kier molecular flexibility index (Phi) is 11.3. The molecule has 206 valence electrons. The van der Waals surface area contributed by atoms with Gasteiger partial charge in [0.05, 0.1) is 5.56 Å². The van der Waals surface area contributed by atoms with E-state index < -0.39 is 11.9 Å². The number of aromatic nitrogens is 1. The van der Waals surface area contributed by atoms with Gasteiger partial charge >= 0.3 is 0 Å². The van der Waals surface area contributed by atoms with Gasteiger partial charge in [-0.15, -0.1) is 0 Å². The summed E-state index contributed by atoms with van der Waals surface area (Å²) < 4.78 is 0. The maximum absolute atomic E-state index is 12.6. The third kappa shape index (κ3) is 8.58. The van der Waals surface area contributed by atoms with Crippen molar-refractivity contribution in [2.45, 2.75) is 32.7 Å². The van der Waals surface area contributed by atoms with Crippen LogP contribution in [0.15, 0.2) is 42.5 Å². The highest BCUT2D eigenvalue weighted by Crippen LogP contribution is 2.26. The molecular weight excluding hydrogens is 482 g/mol. The van der Waals surface area contributed by atoms with Crippen LogP contribution in [-0.2, 0) is 22.4 Å². The van der Waals surface area contributed by atoms with Gasteiger partial charge in [0.1, 0.15) is 17.7 Å². The van der Waals surface area contributed by atoms with Crippen molar-refractivity contribution in [1.82, 2.24) is 20.1 Å². The van der Waals surface area contributed by atoms with Crippen molar-refractivity contribution in [1.29, 1.82) is 0 Å². The molecule has 10 nitrogen and oxygen atoms in total. The number of anilines is 3. The van der Waals surface area contributed by atoms with Crippen LogP contribution < -0.4 is 21.3 Å². The molecule has 2 rings (SSSR count). The van der Waals surface area contributed by atoms with Crippen LogP contribution in [0.3, 0.4) is 0 Å². The number of aryl methyl sites for hydroxylation is 1. The van der Waals surface area contributed by atoms with Crippen molar-refractivity contribution >= 4 is 35.0 Å². The summed E-state index contributed by atoms with van der Waals surface area (Å²) in [5, 5.41) is 6.13. The Morgan fingerprint density at radius 3 is 2.42 bits per heavy atom. The third-order valence-electron chi connectivity index (χ3n) is 6.09. The highest BCUT2D eigenvalue weighted by molar-refractivity contribution is 5.99. The first-order valence-electron chi connectivity index (χ1n) is 12.7. The normalized spacial score (nSPS) is 11.9. The molecule has 10 heteroatoms. The second kappa shape index (κ2) is 14.1. The van der Waals surface area contributed by atoms with Crippen LogP contribution in [0.4, 0.5) is 17.3 Å². The molecule has 3 amide bonds. The molecule has 4 N–H and O–H groups in total. The van der Waals surface area contributed by atoms with Gasteiger partial charge in [0.15, 0.2) is 0 Å². The maximum atomic E-state index is 12.6. The van der Waals surface area contributed by atoms with E-state index in [4.69, 9.17) is 5.73 Å². The van der Waals surface area contributed by atoms with E-state index >= 15 is 0 Å². The lowest BCUT2D eigenvalue weighted by Gasteiger charge is -2.23. The van der Waals surface area contributed by atoms with Gasteiger partial charge in [0.2, 0.25) is 11.8 Å². The first-order chi connectivity index (χ1) is 17.9. The summed E-state index contributed by atoms with van der Waals surface area (Å²) in [5.74, 6) is 0.166. The SMILES string of the molecule is CCc1cc(C(N)=O)c(Nc2cccc(CCNC(=O)[C@H](C)N(C)C(=O)/C=C/CN(C)C)c2)nc1N(C)C. The minimum Gasteiger partial charge on any atom is -0.365 e. The fraction of sp³-hybridized carbons (Fsp3) is 0.429. The van der Waals surface area contributed by atoms with Gasteiger partial charge < -0.3 is 31.1 Å². The average molecular weight is 524 g/mol. The van der Waals surface area contributed by atoms with Crippen molar-refractivity contribution in [3.8, 4) is 0 Å². The lowest BCUT2D eigenvalue weighted by molar-refractivity contribution is -0.135. The van der Waals surface area contributed by atoms with Crippen molar-refractivity contribution in [2.75, 3.05) is 58.5 Å². The number of hydrogen-bond acceptors (Lipinski definition) is 7. The maximum Gasteiger partial charge on any atom is 0.252 e. The van der Waals surface area contributed by atoms with E-state index in [2.05, 4.69) is 15.6 Å². The number of pyridine rings is 1. The van der Waals surface area contributed by atoms with Crippen molar-refractivity contribution in [3.05, 3.63) is 59.2 Å². The second-order valence-electron chi connectivity index (χ2n) is 9.64. The Morgan fingerprint density at radius 2 is 1.82 bits per heavy atom. The van der Waals surface area contributed by atoms with Gasteiger partial charge in [-0.3, -0.25) is 14.4 Å². The van der Waals surface area contributed by atoms with E-state index in [9.17, 15) is 14.4 Å². The van der Waals surface area contributed by atoms with Gasteiger partial charge in [-0.2, -0.15) is 0 Å². The molecule has 0 unspecified atom stereocenters. The lowest BCUT2D eigenvalue weighted by atomic mass is 10.1. The van der Waals surface area contributed by atoms with E-state index in [0.29, 0.717) is 30.9 Å². The topological polar surface area (TPSA) is 124 Å². The van der Waals surface area contributed by atoms with E-state index in [1.807, 2.05) is 69.2 Å². The van der Waals surface area contributed by atoms with Crippen LogP contribution in [0.1, 0.15) is 35.3 Å². The molecule has 0 spiro atoms. The summed E-state index contributed by atoms with van der Waals surface area (Å²) in [5.41, 5.74) is 8.64. The van der Waals surface area contributed by atoms with E-state index in [-0.39, 0.29) is 11.8 Å². The molecule has 1 atom stereocenters. The van der Waals surface area contributed by atoms with Crippen LogP contribution in [0.5, 0.6) is 0 Å². The van der Waals surface area contributed by atoms with Gasteiger partial charge in [-0.25, -0.2) is 4.98 Å². The molecule has 0 aliphatic rings. The smallest absolute Gasteiger partial charge is 0.252 e. The number of nitrogens with zero attached hydrogens (tertiary/aromatic N) is 4. The monoisotopic (exact) mass is 523 g/mol. The molecule has 1 aromatic carbocycles. The fourth-order valence-electron chi connectivity index (χ4n) is 3.74. The van der Waals surface area contributed by atoms with Crippen LogP contribution in [0.25, 0.3) is 0 Å². The molecule has 0 radical (unpaired) electrons. The average Bonchev–Trinajstić information content (AvgIpc) is 2.87. The number of likely N-dealkylation sites (N-methyl/N-ethyl adjacent to an activating group) is 2. The molecule has 0 saturated heterocycles. The van der Waals surface area contributed by atoms with Crippen LogP contribution in [0, 0.1) is 0 Å². The molecule has 0 saturated carbocycles.